The summed E-state index contributed by atoms with van der Waals surface area (Å²) in [6, 6.07) is 1.57. The number of carbonyl (C=O) groups is 2. The standard InChI is InChI=1S/C12H18N2O4/c1-12(2,3)14-9(15)7-13-6-8-4-5-18-10(8)11(16)17/h4-5,13H,6-7H2,1-3H3,(H,14,15)(H,16,17). The van der Waals surface area contributed by atoms with Gasteiger partial charge in [0.1, 0.15) is 0 Å². The van der Waals surface area contributed by atoms with Crippen LogP contribution in [0.5, 0.6) is 0 Å². The zero-order chi connectivity index (χ0) is 13.8. The van der Waals surface area contributed by atoms with Gasteiger partial charge in [0.2, 0.25) is 11.7 Å². The molecule has 1 heterocycles. The molecule has 0 saturated carbocycles. The molecule has 0 aliphatic heterocycles. The summed E-state index contributed by atoms with van der Waals surface area (Å²) in [4.78, 5) is 22.3. The van der Waals surface area contributed by atoms with Crippen LogP contribution in [0, 0.1) is 0 Å². The van der Waals surface area contributed by atoms with Gasteiger partial charge in [0.15, 0.2) is 0 Å². The Labute approximate surface area is 105 Å². The lowest BCUT2D eigenvalue weighted by Gasteiger charge is -2.20. The molecule has 0 radical (unpaired) electrons. The first-order valence-electron chi connectivity index (χ1n) is 5.61. The Balaban J connectivity index is 2.40. The lowest BCUT2D eigenvalue weighted by atomic mass is 10.1. The van der Waals surface area contributed by atoms with Crippen LogP contribution in [0.15, 0.2) is 16.7 Å². The van der Waals surface area contributed by atoms with Gasteiger partial charge in [0.05, 0.1) is 12.8 Å². The average Bonchev–Trinajstić information content (AvgIpc) is 2.62. The van der Waals surface area contributed by atoms with Crippen LogP contribution in [0.25, 0.3) is 0 Å². The van der Waals surface area contributed by atoms with Crippen molar-refractivity contribution in [2.45, 2.75) is 32.9 Å². The molecule has 18 heavy (non-hydrogen) atoms. The Morgan fingerprint density at radius 3 is 2.61 bits per heavy atom. The summed E-state index contributed by atoms with van der Waals surface area (Å²) in [5.41, 5.74) is 0.242. The van der Waals surface area contributed by atoms with Crippen LogP contribution >= 0.6 is 0 Å². The monoisotopic (exact) mass is 254 g/mol. The molecule has 6 heteroatoms. The number of amides is 1. The first-order chi connectivity index (χ1) is 8.29. The van der Waals surface area contributed by atoms with Crippen molar-refractivity contribution in [1.29, 1.82) is 0 Å². The highest BCUT2D eigenvalue weighted by molar-refractivity contribution is 5.86. The first kappa shape index (κ1) is 14.2. The SMILES string of the molecule is CC(C)(C)NC(=O)CNCc1ccoc1C(=O)O. The van der Waals surface area contributed by atoms with E-state index >= 15 is 0 Å². The quantitative estimate of drug-likeness (QED) is 0.728. The van der Waals surface area contributed by atoms with Crippen molar-refractivity contribution in [1.82, 2.24) is 10.6 Å². The molecular weight excluding hydrogens is 236 g/mol. The molecule has 0 unspecified atom stereocenters. The summed E-state index contributed by atoms with van der Waals surface area (Å²) in [7, 11) is 0. The van der Waals surface area contributed by atoms with Gasteiger partial charge in [0, 0.05) is 17.6 Å². The molecule has 1 aromatic heterocycles. The van der Waals surface area contributed by atoms with Crippen molar-refractivity contribution in [3.05, 3.63) is 23.7 Å². The first-order valence-corrected chi connectivity index (χ1v) is 5.61. The summed E-state index contributed by atoms with van der Waals surface area (Å²) in [6.07, 6.45) is 1.32. The van der Waals surface area contributed by atoms with Gasteiger partial charge in [-0.15, -0.1) is 0 Å². The predicted octanol–water partition coefficient (Wildman–Crippen LogP) is 0.982. The van der Waals surface area contributed by atoms with E-state index < -0.39 is 5.97 Å². The van der Waals surface area contributed by atoms with Crippen molar-refractivity contribution in [2.24, 2.45) is 0 Å². The molecule has 0 spiro atoms. The van der Waals surface area contributed by atoms with Gasteiger partial charge in [0.25, 0.3) is 0 Å². The molecular formula is C12H18N2O4. The fourth-order valence-corrected chi connectivity index (χ4v) is 1.44. The molecule has 0 fully saturated rings. The second-order valence-electron chi connectivity index (χ2n) is 4.98. The summed E-state index contributed by atoms with van der Waals surface area (Å²) < 4.78 is 4.82. The van der Waals surface area contributed by atoms with Crippen LogP contribution in [0.1, 0.15) is 36.9 Å². The number of furan rings is 1. The fraction of sp³-hybridized carbons (Fsp3) is 0.500. The van der Waals surface area contributed by atoms with E-state index in [2.05, 4.69) is 10.6 Å². The smallest absolute Gasteiger partial charge is 0.372 e. The molecule has 3 N–H and O–H groups in total. The van der Waals surface area contributed by atoms with Crippen molar-refractivity contribution >= 4 is 11.9 Å². The van der Waals surface area contributed by atoms with Crippen LogP contribution in [0.4, 0.5) is 0 Å². The van der Waals surface area contributed by atoms with E-state index in [-0.39, 0.29) is 30.3 Å². The minimum Gasteiger partial charge on any atom is -0.475 e. The number of rotatable bonds is 5. The average molecular weight is 254 g/mol. The Morgan fingerprint density at radius 1 is 1.39 bits per heavy atom. The summed E-state index contributed by atoms with van der Waals surface area (Å²) >= 11 is 0. The lowest BCUT2D eigenvalue weighted by molar-refractivity contribution is -0.121. The molecule has 1 amide bonds. The third-order valence-corrected chi connectivity index (χ3v) is 2.06. The van der Waals surface area contributed by atoms with Gasteiger partial charge in [-0.05, 0) is 26.8 Å². The second-order valence-corrected chi connectivity index (χ2v) is 4.98. The number of carboxylic acid groups (broad SMARTS) is 1. The summed E-state index contributed by atoms with van der Waals surface area (Å²) in [6.45, 7) is 6.08. The Kier molecular flexibility index (Phi) is 4.49. The van der Waals surface area contributed by atoms with Crippen LogP contribution in [0.2, 0.25) is 0 Å². The molecule has 1 aromatic rings. The van der Waals surface area contributed by atoms with E-state index in [0.29, 0.717) is 5.56 Å². The maximum Gasteiger partial charge on any atom is 0.372 e. The van der Waals surface area contributed by atoms with Crippen LogP contribution in [0.3, 0.4) is 0 Å². The molecule has 0 bridgehead atoms. The highest BCUT2D eigenvalue weighted by Crippen LogP contribution is 2.09. The third-order valence-electron chi connectivity index (χ3n) is 2.06. The largest absolute Gasteiger partial charge is 0.475 e. The molecule has 100 valence electrons. The van der Waals surface area contributed by atoms with E-state index in [1.807, 2.05) is 20.8 Å². The van der Waals surface area contributed by atoms with Gasteiger partial charge in [-0.1, -0.05) is 0 Å². The minimum atomic E-state index is -1.11. The normalized spacial score (nSPS) is 11.3. The van der Waals surface area contributed by atoms with Crippen molar-refractivity contribution in [3.8, 4) is 0 Å². The van der Waals surface area contributed by atoms with Gasteiger partial charge in [-0.25, -0.2) is 4.79 Å². The van der Waals surface area contributed by atoms with Crippen LogP contribution in [-0.2, 0) is 11.3 Å². The van der Waals surface area contributed by atoms with E-state index in [9.17, 15) is 9.59 Å². The highest BCUT2D eigenvalue weighted by atomic mass is 16.4. The topological polar surface area (TPSA) is 91.6 Å². The summed E-state index contributed by atoms with van der Waals surface area (Å²) in [5.74, 6) is -1.35. The number of hydrogen-bond acceptors (Lipinski definition) is 4. The third kappa shape index (κ3) is 4.58. The minimum absolute atomic E-state index is 0.0984. The zero-order valence-corrected chi connectivity index (χ0v) is 10.7. The van der Waals surface area contributed by atoms with E-state index in [1.165, 1.54) is 6.26 Å². The maximum absolute atomic E-state index is 11.5. The van der Waals surface area contributed by atoms with E-state index in [0.717, 1.165) is 0 Å². The molecule has 0 atom stereocenters. The zero-order valence-electron chi connectivity index (χ0n) is 10.7. The van der Waals surface area contributed by atoms with Gasteiger partial charge in [-0.3, -0.25) is 4.79 Å². The number of hydrogen-bond donors (Lipinski definition) is 3. The lowest BCUT2D eigenvalue weighted by Crippen LogP contribution is -2.44. The molecule has 0 aromatic carbocycles. The molecule has 0 aliphatic carbocycles. The van der Waals surface area contributed by atoms with Crippen LogP contribution in [-0.4, -0.2) is 29.1 Å². The number of nitrogens with one attached hydrogen (secondary N) is 2. The fourth-order valence-electron chi connectivity index (χ4n) is 1.44. The molecule has 0 saturated heterocycles. The number of carbonyl (C=O) groups excluding carboxylic acids is 1. The summed E-state index contributed by atoms with van der Waals surface area (Å²) in [5, 5.41) is 14.5. The number of carboxylic acids is 1. The second kappa shape index (κ2) is 5.68. The highest BCUT2D eigenvalue weighted by Gasteiger charge is 2.15. The molecule has 1 rings (SSSR count). The molecule has 0 aliphatic rings. The maximum atomic E-state index is 11.5. The van der Waals surface area contributed by atoms with Gasteiger partial charge < -0.3 is 20.2 Å². The van der Waals surface area contributed by atoms with Crippen molar-refractivity contribution in [3.63, 3.8) is 0 Å². The van der Waals surface area contributed by atoms with E-state index in [4.69, 9.17) is 9.52 Å². The Hall–Kier alpha value is -1.82. The van der Waals surface area contributed by atoms with Gasteiger partial charge in [-0.2, -0.15) is 0 Å². The van der Waals surface area contributed by atoms with Crippen molar-refractivity contribution in [2.75, 3.05) is 6.54 Å². The van der Waals surface area contributed by atoms with Crippen LogP contribution < -0.4 is 10.6 Å². The Bertz CT molecular complexity index is 432. The molecule has 6 nitrogen and oxygen atoms in total. The Morgan fingerprint density at radius 2 is 2.06 bits per heavy atom. The van der Waals surface area contributed by atoms with Gasteiger partial charge >= 0.3 is 5.97 Å². The van der Waals surface area contributed by atoms with E-state index in [1.54, 1.807) is 6.07 Å². The number of aromatic carboxylic acids is 1. The predicted molar refractivity (Wildman–Crippen MR) is 65.3 cm³/mol. The van der Waals surface area contributed by atoms with Crippen molar-refractivity contribution < 1.29 is 19.1 Å².